The van der Waals surface area contributed by atoms with Crippen molar-refractivity contribution in [1.82, 2.24) is 10.6 Å². The predicted molar refractivity (Wildman–Crippen MR) is 68.8 cm³/mol. The van der Waals surface area contributed by atoms with E-state index >= 15 is 0 Å². The zero-order valence-electron chi connectivity index (χ0n) is 9.66. The molecular weight excluding hydrogens is 252 g/mol. The van der Waals surface area contributed by atoms with Gasteiger partial charge in [-0.3, -0.25) is 20.3 Å². The van der Waals surface area contributed by atoms with Gasteiger partial charge in [-0.1, -0.05) is 0 Å². The van der Waals surface area contributed by atoms with Crippen LogP contribution in [-0.4, -0.2) is 30.2 Å². The Kier molecular flexibility index (Phi) is 3.73. The van der Waals surface area contributed by atoms with Crippen molar-refractivity contribution in [3.05, 3.63) is 21.9 Å². The molecule has 2 rings (SSSR count). The molecule has 0 aromatic carbocycles. The van der Waals surface area contributed by atoms with Gasteiger partial charge >= 0.3 is 0 Å². The molecule has 1 aromatic heterocycles. The highest BCUT2D eigenvalue weighted by Gasteiger charge is 2.24. The van der Waals surface area contributed by atoms with Crippen molar-refractivity contribution in [3.63, 3.8) is 0 Å². The molecule has 7 heteroatoms. The summed E-state index contributed by atoms with van der Waals surface area (Å²) >= 11 is 1.17. The van der Waals surface area contributed by atoms with Gasteiger partial charge in [0.15, 0.2) is 0 Å². The smallest absolute Gasteiger partial charge is 0.267 e. The van der Waals surface area contributed by atoms with E-state index in [0.717, 1.165) is 19.4 Å². The lowest BCUT2D eigenvalue weighted by Gasteiger charge is -2.08. The van der Waals surface area contributed by atoms with E-state index in [-0.39, 0.29) is 17.8 Å². The molecule has 1 fully saturated rings. The van der Waals surface area contributed by atoms with Crippen LogP contribution in [0.25, 0.3) is 0 Å². The first-order valence-electron chi connectivity index (χ1n) is 5.59. The third-order valence-electron chi connectivity index (χ3n) is 2.75. The molecule has 1 aliphatic heterocycles. The van der Waals surface area contributed by atoms with Crippen LogP contribution in [0.4, 0.5) is 0 Å². The SMILES string of the molecule is N=C(N)c1csc(C(=O)NC(=O)[C@@H]2CCCN2)c1. The fourth-order valence-electron chi connectivity index (χ4n) is 1.77. The van der Waals surface area contributed by atoms with Gasteiger partial charge in [0.25, 0.3) is 5.91 Å². The van der Waals surface area contributed by atoms with Crippen molar-refractivity contribution in [2.45, 2.75) is 18.9 Å². The summed E-state index contributed by atoms with van der Waals surface area (Å²) in [6.45, 7) is 0.805. The van der Waals surface area contributed by atoms with E-state index in [9.17, 15) is 9.59 Å². The predicted octanol–water partition coefficient (Wildman–Crippen LogP) is 0.0406. The maximum Gasteiger partial charge on any atom is 0.267 e. The minimum atomic E-state index is -0.439. The lowest BCUT2D eigenvalue weighted by atomic mass is 10.2. The van der Waals surface area contributed by atoms with Crippen molar-refractivity contribution >= 4 is 29.0 Å². The minimum absolute atomic E-state index is 0.0888. The van der Waals surface area contributed by atoms with Crippen molar-refractivity contribution in [3.8, 4) is 0 Å². The van der Waals surface area contributed by atoms with Crippen LogP contribution in [0.15, 0.2) is 11.4 Å². The summed E-state index contributed by atoms with van der Waals surface area (Å²) in [5.41, 5.74) is 5.81. The van der Waals surface area contributed by atoms with E-state index in [1.54, 1.807) is 5.38 Å². The van der Waals surface area contributed by atoms with Gasteiger partial charge < -0.3 is 11.1 Å². The molecule has 2 heterocycles. The molecular formula is C11H14N4O2S. The summed E-state index contributed by atoms with van der Waals surface area (Å²) < 4.78 is 0. The second-order valence-corrected chi connectivity index (χ2v) is 4.99. The van der Waals surface area contributed by atoms with Crippen LogP contribution in [0.5, 0.6) is 0 Å². The highest BCUT2D eigenvalue weighted by Crippen LogP contribution is 2.14. The maximum absolute atomic E-state index is 11.8. The van der Waals surface area contributed by atoms with Gasteiger partial charge in [-0.2, -0.15) is 0 Å². The summed E-state index contributed by atoms with van der Waals surface area (Å²) in [5.74, 6) is -0.824. The molecule has 1 saturated heterocycles. The van der Waals surface area contributed by atoms with E-state index in [1.807, 2.05) is 0 Å². The molecule has 1 aliphatic rings. The number of imide groups is 1. The number of carbonyl (C=O) groups excluding carboxylic acids is 2. The topological polar surface area (TPSA) is 108 Å². The van der Waals surface area contributed by atoms with E-state index in [1.165, 1.54) is 17.4 Å². The van der Waals surface area contributed by atoms with E-state index < -0.39 is 5.91 Å². The number of hydrogen-bond acceptors (Lipinski definition) is 5. The molecule has 6 nitrogen and oxygen atoms in total. The van der Waals surface area contributed by atoms with Gasteiger partial charge in [-0.15, -0.1) is 11.3 Å². The average Bonchev–Trinajstić information content (AvgIpc) is 3.00. The summed E-state index contributed by atoms with van der Waals surface area (Å²) in [4.78, 5) is 23.9. The monoisotopic (exact) mass is 266 g/mol. The number of carbonyl (C=O) groups is 2. The molecule has 96 valence electrons. The van der Waals surface area contributed by atoms with Crippen LogP contribution in [0.3, 0.4) is 0 Å². The first-order valence-corrected chi connectivity index (χ1v) is 6.47. The molecule has 0 radical (unpaired) electrons. The second-order valence-electron chi connectivity index (χ2n) is 4.08. The van der Waals surface area contributed by atoms with Crippen LogP contribution in [0.1, 0.15) is 28.1 Å². The number of rotatable bonds is 3. The van der Waals surface area contributed by atoms with E-state index in [0.29, 0.717) is 10.4 Å². The fraction of sp³-hybridized carbons (Fsp3) is 0.364. The van der Waals surface area contributed by atoms with Crippen LogP contribution < -0.4 is 16.4 Å². The number of nitrogens with two attached hydrogens (primary N) is 1. The molecule has 0 spiro atoms. The van der Waals surface area contributed by atoms with Gasteiger partial charge in [0.2, 0.25) is 5.91 Å². The highest BCUT2D eigenvalue weighted by molar-refractivity contribution is 7.12. The van der Waals surface area contributed by atoms with E-state index in [2.05, 4.69) is 10.6 Å². The molecule has 0 aliphatic carbocycles. The number of amidine groups is 1. The first kappa shape index (κ1) is 12.7. The lowest BCUT2D eigenvalue weighted by Crippen LogP contribution is -2.43. The summed E-state index contributed by atoms with van der Waals surface area (Å²) in [6.07, 6.45) is 1.70. The zero-order chi connectivity index (χ0) is 13.1. The number of nitrogen functional groups attached to an aromatic ring is 1. The number of nitrogens with one attached hydrogen (secondary N) is 3. The third kappa shape index (κ3) is 2.74. The van der Waals surface area contributed by atoms with Gasteiger partial charge in [-0.05, 0) is 25.5 Å². The Bertz CT molecular complexity index is 491. The number of hydrogen-bond donors (Lipinski definition) is 4. The Morgan fingerprint density at radius 2 is 2.33 bits per heavy atom. The quantitative estimate of drug-likeness (QED) is 0.352. The van der Waals surface area contributed by atoms with Crippen molar-refractivity contribution < 1.29 is 9.59 Å². The van der Waals surface area contributed by atoms with Crippen molar-refractivity contribution in [2.24, 2.45) is 5.73 Å². The Balaban J connectivity index is 1.98. The van der Waals surface area contributed by atoms with Gasteiger partial charge in [-0.25, -0.2) is 0 Å². The Morgan fingerprint density at radius 1 is 1.56 bits per heavy atom. The average molecular weight is 266 g/mol. The molecule has 0 unspecified atom stereocenters. The Hall–Kier alpha value is -1.73. The molecule has 1 aromatic rings. The standard InChI is InChI=1S/C11H14N4O2S/c12-9(13)6-4-8(18-5-6)11(17)15-10(16)7-2-1-3-14-7/h4-5,7,14H,1-3H2,(H3,12,13)(H,15,16,17)/t7-/m0/s1. The van der Waals surface area contributed by atoms with Gasteiger partial charge in [0.1, 0.15) is 5.84 Å². The first-order chi connectivity index (χ1) is 8.58. The van der Waals surface area contributed by atoms with Gasteiger partial charge in [0.05, 0.1) is 10.9 Å². The maximum atomic E-state index is 11.8. The Morgan fingerprint density at radius 3 is 2.89 bits per heavy atom. The fourth-order valence-corrected chi connectivity index (χ4v) is 2.57. The van der Waals surface area contributed by atoms with Crippen molar-refractivity contribution in [1.29, 1.82) is 5.41 Å². The second kappa shape index (κ2) is 5.28. The third-order valence-corrected chi connectivity index (χ3v) is 3.68. The minimum Gasteiger partial charge on any atom is -0.384 e. The molecule has 0 bridgehead atoms. The molecule has 0 saturated carbocycles. The van der Waals surface area contributed by atoms with Crippen LogP contribution >= 0.6 is 11.3 Å². The Labute approximate surface area is 108 Å². The normalized spacial score (nSPS) is 18.6. The summed E-state index contributed by atoms with van der Waals surface area (Å²) in [6, 6.07) is 1.23. The largest absolute Gasteiger partial charge is 0.384 e. The van der Waals surface area contributed by atoms with Crippen LogP contribution in [0, 0.1) is 5.41 Å². The van der Waals surface area contributed by atoms with Crippen LogP contribution in [-0.2, 0) is 4.79 Å². The number of thiophene rings is 1. The molecule has 1 atom stereocenters. The van der Waals surface area contributed by atoms with Crippen molar-refractivity contribution in [2.75, 3.05) is 6.54 Å². The highest BCUT2D eigenvalue weighted by atomic mass is 32.1. The van der Waals surface area contributed by atoms with E-state index in [4.69, 9.17) is 11.1 Å². The molecule has 18 heavy (non-hydrogen) atoms. The van der Waals surface area contributed by atoms with Gasteiger partial charge in [0, 0.05) is 10.9 Å². The molecule has 5 N–H and O–H groups in total. The zero-order valence-corrected chi connectivity index (χ0v) is 10.5. The summed E-state index contributed by atoms with van der Waals surface area (Å²) in [5, 5.41) is 14.2. The summed E-state index contributed by atoms with van der Waals surface area (Å²) in [7, 11) is 0. The molecule has 2 amide bonds. The lowest BCUT2D eigenvalue weighted by molar-refractivity contribution is -0.121. The van der Waals surface area contributed by atoms with Crippen LogP contribution in [0.2, 0.25) is 0 Å². The number of amides is 2.